The van der Waals surface area contributed by atoms with E-state index in [1.165, 1.54) is 0 Å². The summed E-state index contributed by atoms with van der Waals surface area (Å²) in [5.74, 6) is 1.03. The third-order valence-electron chi connectivity index (χ3n) is 1.63. The van der Waals surface area contributed by atoms with Crippen molar-refractivity contribution in [3.05, 3.63) is 12.0 Å². The Bertz CT molecular complexity index is 248. The molecule has 0 aliphatic heterocycles. The van der Waals surface area contributed by atoms with Crippen molar-refractivity contribution in [2.75, 3.05) is 5.75 Å². The van der Waals surface area contributed by atoms with Crippen LogP contribution in [0.15, 0.2) is 15.9 Å². The van der Waals surface area contributed by atoms with Gasteiger partial charge in [0.2, 0.25) is 0 Å². The van der Waals surface area contributed by atoms with Crippen LogP contribution in [0.25, 0.3) is 0 Å². The molecule has 0 bridgehead atoms. The van der Waals surface area contributed by atoms with Gasteiger partial charge in [-0.05, 0) is 26.7 Å². The van der Waals surface area contributed by atoms with Crippen molar-refractivity contribution >= 4 is 11.8 Å². The van der Waals surface area contributed by atoms with E-state index in [1.807, 2.05) is 13.8 Å². The molecule has 0 aliphatic carbocycles. The molecule has 74 valence electrons. The summed E-state index contributed by atoms with van der Waals surface area (Å²) in [5, 5.41) is 0.766. The number of rotatable bonds is 5. The molecule has 1 unspecified atom stereocenters. The summed E-state index contributed by atoms with van der Waals surface area (Å²) >= 11 is 1.65. The second-order valence-electron chi connectivity index (χ2n) is 3.22. The molecule has 0 spiro atoms. The van der Waals surface area contributed by atoms with Gasteiger partial charge in [0, 0.05) is 11.8 Å². The van der Waals surface area contributed by atoms with Crippen molar-refractivity contribution in [3.63, 3.8) is 0 Å². The first kappa shape index (κ1) is 10.6. The molecule has 1 rings (SSSR count). The van der Waals surface area contributed by atoms with E-state index in [0.717, 1.165) is 29.5 Å². The molecular weight excluding hydrogens is 184 g/mol. The summed E-state index contributed by atoms with van der Waals surface area (Å²) in [5.41, 5.74) is 6.57. The summed E-state index contributed by atoms with van der Waals surface area (Å²) in [6.07, 6.45) is 3.85. The molecule has 1 aromatic heterocycles. The van der Waals surface area contributed by atoms with Gasteiger partial charge in [-0.2, -0.15) is 0 Å². The molecule has 4 heteroatoms. The van der Waals surface area contributed by atoms with E-state index < -0.39 is 0 Å². The second-order valence-corrected chi connectivity index (χ2v) is 4.27. The first-order chi connectivity index (χ1) is 6.18. The smallest absolute Gasteiger partial charge is 0.255 e. The van der Waals surface area contributed by atoms with Gasteiger partial charge in [-0.15, -0.1) is 0 Å². The van der Waals surface area contributed by atoms with Crippen LogP contribution in [-0.2, 0) is 0 Å². The Morgan fingerprint density at radius 3 is 3.00 bits per heavy atom. The lowest BCUT2D eigenvalue weighted by atomic mass is 10.2. The number of oxazole rings is 1. The summed E-state index contributed by atoms with van der Waals surface area (Å²) in [4.78, 5) is 4.19. The van der Waals surface area contributed by atoms with Crippen molar-refractivity contribution in [2.24, 2.45) is 5.73 Å². The fraction of sp³-hybridized carbons (Fsp3) is 0.667. The number of hydrogen-bond donors (Lipinski definition) is 1. The topological polar surface area (TPSA) is 52.0 Å². The highest BCUT2D eigenvalue weighted by Crippen LogP contribution is 2.18. The molecule has 2 N–H and O–H groups in total. The van der Waals surface area contributed by atoms with E-state index in [0.29, 0.717) is 6.04 Å². The maximum absolute atomic E-state index is 5.63. The molecule has 0 aromatic carbocycles. The Balaban J connectivity index is 2.13. The van der Waals surface area contributed by atoms with E-state index in [2.05, 4.69) is 4.98 Å². The number of thioether (sulfide) groups is 1. The maximum atomic E-state index is 5.63. The van der Waals surface area contributed by atoms with E-state index >= 15 is 0 Å². The Labute approximate surface area is 83.1 Å². The molecule has 3 nitrogen and oxygen atoms in total. The first-order valence-corrected chi connectivity index (χ1v) is 5.47. The van der Waals surface area contributed by atoms with Crippen LogP contribution >= 0.6 is 11.8 Å². The largest absolute Gasteiger partial charge is 0.440 e. The third-order valence-corrected chi connectivity index (χ3v) is 2.55. The minimum atomic E-state index is 0.298. The fourth-order valence-electron chi connectivity index (χ4n) is 0.963. The van der Waals surface area contributed by atoms with Crippen molar-refractivity contribution in [3.8, 4) is 0 Å². The SMILES string of the molecule is Cc1coc(SCCCC(C)N)n1. The number of nitrogens with two attached hydrogens (primary N) is 1. The third kappa shape index (κ3) is 4.33. The van der Waals surface area contributed by atoms with Crippen LogP contribution < -0.4 is 5.73 Å². The van der Waals surface area contributed by atoms with Crippen molar-refractivity contribution in [2.45, 2.75) is 38.0 Å². The molecular formula is C9H16N2OS. The zero-order valence-corrected chi connectivity index (χ0v) is 8.93. The Morgan fingerprint density at radius 2 is 2.46 bits per heavy atom. The predicted octanol–water partition coefficient (Wildman–Crippen LogP) is 2.20. The van der Waals surface area contributed by atoms with Gasteiger partial charge in [-0.25, -0.2) is 4.98 Å². The van der Waals surface area contributed by atoms with E-state index in [-0.39, 0.29) is 0 Å². The lowest BCUT2D eigenvalue weighted by Gasteiger charge is -2.01. The average Bonchev–Trinajstić information content (AvgIpc) is 2.45. The van der Waals surface area contributed by atoms with Crippen LogP contribution in [0.4, 0.5) is 0 Å². The van der Waals surface area contributed by atoms with Crippen molar-refractivity contribution in [1.82, 2.24) is 4.98 Å². The molecule has 0 radical (unpaired) electrons. The maximum Gasteiger partial charge on any atom is 0.255 e. The van der Waals surface area contributed by atoms with Crippen LogP contribution in [0, 0.1) is 6.92 Å². The van der Waals surface area contributed by atoms with Gasteiger partial charge in [0.15, 0.2) is 0 Å². The lowest BCUT2D eigenvalue weighted by molar-refractivity contribution is 0.453. The van der Waals surface area contributed by atoms with Gasteiger partial charge in [0.1, 0.15) is 6.26 Å². The summed E-state index contributed by atoms with van der Waals surface area (Å²) in [7, 11) is 0. The molecule has 0 fully saturated rings. The van der Waals surface area contributed by atoms with Gasteiger partial charge < -0.3 is 10.2 Å². The zero-order valence-electron chi connectivity index (χ0n) is 8.12. The molecule has 1 atom stereocenters. The van der Waals surface area contributed by atoms with Crippen LogP contribution in [0.2, 0.25) is 0 Å². The number of aryl methyl sites for hydroxylation is 1. The Hall–Kier alpha value is -0.480. The lowest BCUT2D eigenvalue weighted by Crippen LogP contribution is -2.14. The Morgan fingerprint density at radius 1 is 1.69 bits per heavy atom. The van der Waals surface area contributed by atoms with Crippen LogP contribution in [-0.4, -0.2) is 16.8 Å². The molecule has 0 saturated heterocycles. The minimum Gasteiger partial charge on any atom is -0.440 e. The quantitative estimate of drug-likeness (QED) is 0.585. The Kier molecular flexibility index (Phi) is 4.32. The number of nitrogens with zero attached hydrogens (tertiary/aromatic N) is 1. The highest BCUT2D eigenvalue weighted by atomic mass is 32.2. The van der Waals surface area contributed by atoms with Gasteiger partial charge >= 0.3 is 0 Å². The second kappa shape index (κ2) is 5.29. The van der Waals surface area contributed by atoms with Crippen LogP contribution in [0.1, 0.15) is 25.5 Å². The van der Waals surface area contributed by atoms with E-state index in [9.17, 15) is 0 Å². The minimum absolute atomic E-state index is 0.298. The van der Waals surface area contributed by atoms with Gasteiger partial charge in [-0.1, -0.05) is 11.8 Å². The van der Waals surface area contributed by atoms with E-state index in [4.69, 9.17) is 10.2 Å². The number of aromatic nitrogens is 1. The van der Waals surface area contributed by atoms with E-state index in [1.54, 1.807) is 18.0 Å². The fourth-order valence-corrected chi connectivity index (χ4v) is 1.77. The summed E-state index contributed by atoms with van der Waals surface area (Å²) < 4.78 is 5.19. The van der Waals surface area contributed by atoms with Crippen LogP contribution in [0.5, 0.6) is 0 Å². The first-order valence-electron chi connectivity index (χ1n) is 4.49. The predicted molar refractivity (Wildman–Crippen MR) is 54.8 cm³/mol. The molecule has 0 aliphatic rings. The van der Waals surface area contributed by atoms with Crippen molar-refractivity contribution in [1.29, 1.82) is 0 Å². The zero-order chi connectivity index (χ0) is 9.68. The number of hydrogen-bond acceptors (Lipinski definition) is 4. The average molecular weight is 200 g/mol. The molecule has 1 aromatic rings. The van der Waals surface area contributed by atoms with Gasteiger partial charge in [0.25, 0.3) is 5.22 Å². The molecule has 1 heterocycles. The normalized spacial score (nSPS) is 13.2. The van der Waals surface area contributed by atoms with Crippen LogP contribution in [0.3, 0.4) is 0 Å². The highest BCUT2D eigenvalue weighted by Gasteiger charge is 2.01. The molecule has 13 heavy (non-hydrogen) atoms. The summed E-state index contributed by atoms with van der Waals surface area (Å²) in [6, 6.07) is 0.298. The molecule has 0 amide bonds. The van der Waals surface area contributed by atoms with Gasteiger partial charge in [0.05, 0.1) is 5.69 Å². The van der Waals surface area contributed by atoms with Gasteiger partial charge in [-0.3, -0.25) is 0 Å². The standard InChI is InChI=1S/C9H16N2OS/c1-7(10)4-3-5-13-9-11-8(2)6-12-9/h6-7H,3-5,10H2,1-2H3. The molecule has 0 saturated carbocycles. The van der Waals surface area contributed by atoms with Crippen molar-refractivity contribution < 1.29 is 4.42 Å². The monoisotopic (exact) mass is 200 g/mol. The summed E-state index contributed by atoms with van der Waals surface area (Å²) in [6.45, 7) is 3.95. The highest BCUT2D eigenvalue weighted by molar-refractivity contribution is 7.99.